The maximum Gasteiger partial charge on any atom is 0.222 e. The molecule has 0 N–H and O–H groups in total. The number of amides is 1. The summed E-state index contributed by atoms with van der Waals surface area (Å²) in [6, 6.07) is 10.7. The van der Waals surface area contributed by atoms with Crippen molar-refractivity contribution in [3.05, 3.63) is 35.9 Å². The van der Waals surface area contributed by atoms with Crippen molar-refractivity contribution in [3.63, 3.8) is 0 Å². The molecule has 0 radical (unpaired) electrons. The second-order valence-electron chi connectivity index (χ2n) is 6.96. The Morgan fingerprint density at radius 3 is 2.36 bits per heavy atom. The molecule has 1 amide bonds. The van der Waals surface area contributed by atoms with E-state index in [1.54, 1.807) is 0 Å². The van der Waals surface area contributed by atoms with Crippen LogP contribution in [0.25, 0.3) is 0 Å². The van der Waals surface area contributed by atoms with Crippen molar-refractivity contribution in [2.45, 2.75) is 39.2 Å². The van der Waals surface area contributed by atoms with Crippen LogP contribution in [0.15, 0.2) is 30.3 Å². The van der Waals surface area contributed by atoms with Gasteiger partial charge in [0.05, 0.1) is 0 Å². The molecule has 2 saturated heterocycles. The lowest BCUT2D eigenvalue weighted by atomic mass is 10.0. The maximum atomic E-state index is 12.2. The van der Waals surface area contributed by atoms with E-state index in [2.05, 4.69) is 47.1 Å². The van der Waals surface area contributed by atoms with Crippen LogP contribution in [0.3, 0.4) is 0 Å². The van der Waals surface area contributed by atoms with Gasteiger partial charge in [-0.3, -0.25) is 9.69 Å². The molecule has 1 aromatic carbocycles. The number of carbonyl (C=O) groups is 1. The molecule has 2 atom stereocenters. The second kappa shape index (κ2) is 7.28. The highest BCUT2D eigenvalue weighted by molar-refractivity contribution is 5.76. The lowest BCUT2D eigenvalue weighted by Gasteiger charge is -2.21. The molecule has 0 spiro atoms. The number of rotatable bonds is 6. The summed E-state index contributed by atoms with van der Waals surface area (Å²) in [7, 11) is 0. The Morgan fingerprint density at radius 2 is 1.73 bits per heavy atom. The first-order valence-corrected chi connectivity index (χ1v) is 8.80. The van der Waals surface area contributed by atoms with Gasteiger partial charge in [0.15, 0.2) is 0 Å². The third-order valence-corrected chi connectivity index (χ3v) is 5.16. The van der Waals surface area contributed by atoms with Crippen LogP contribution in [0.5, 0.6) is 0 Å². The van der Waals surface area contributed by atoms with Gasteiger partial charge < -0.3 is 4.90 Å². The second-order valence-corrected chi connectivity index (χ2v) is 6.96. The Kier molecular flexibility index (Phi) is 5.14. The van der Waals surface area contributed by atoms with Crippen LogP contribution in [0, 0.1) is 11.8 Å². The minimum Gasteiger partial charge on any atom is -0.342 e. The number of likely N-dealkylation sites (tertiary alicyclic amines) is 2. The Labute approximate surface area is 134 Å². The van der Waals surface area contributed by atoms with Crippen molar-refractivity contribution >= 4 is 5.91 Å². The van der Waals surface area contributed by atoms with E-state index >= 15 is 0 Å². The summed E-state index contributed by atoms with van der Waals surface area (Å²) in [5.74, 6) is 1.77. The van der Waals surface area contributed by atoms with Gasteiger partial charge in [0, 0.05) is 39.1 Å². The summed E-state index contributed by atoms with van der Waals surface area (Å²) < 4.78 is 0. The fourth-order valence-corrected chi connectivity index (χ4v) is 3.95. The number of hydrogen-bond acceptors (Lipinski definition) is 2. The van der Waals surface area contributed by atoms with Crippen molar-refractivity contribution < 1.29 is 4.79 Å². The molecule has 0 bridgehead atoms. The molecular weight excluding hydrogens is 272 g/mol. The van der Waals surface area contributed by atoms with E-state index in [9.17, 15) is 4.79 Å². The van der Waals surface area contributed by atoms with E-state index in [1.807, 2.05) is 0 Å². The molecular formula is C19H28N2O. The topological polar surface area (TPSA) is 23.6 Å². The van der Waals surface area contributed by atoms with E-state index in [4.69, 9.17) is 0 Å². The van der Waals surface area contributed by atoms with Crippen molar-refractivity contribution in [2.24, 2.45) is 11.8 Å². The normalized spacial score (nSPS) is 24.7. The third-order valence-electron chi connectivity index (χ3n) is 5.16. The molecule has 2 aliphatic heterocycles. The highest BCUT2D eigenvalue weighted by atomic mass is 16.2. The van der Waals surface area contributed by atoms with Gasteiger partial charge in [-0.05, 0) is 23.8 Å². The van der Waals surface area contributed by atoms with Gasteiger partial charge in [0.25, 0.3) is 0 Å². The highest BCUT2D eigenvalue weighted by Gasteiger charge is 2.41. The molecule has 2 heterocycles. The summed E-state index contributed by atoms with van der Waals surface area (Å²) in [6.07, 6.45) is 4.17. The van der Waals surface area contributed by atoms with Gasteiger partial charge in [-0.2, -0.15) is 0 Å². The molecule has 22 heavy (non-hydrogen) atoms. The predicted octanol–water partition coefficient (Wildman–Crippen LogP) is 3.16. The minimum atomic E-state index is 0.387. The van der Waals surface area contributed by atoms with Gasteiger partial charge in [-0.25, -0.2) is 0 Å². The van der Waals surface area contributed by atoms with Gasteiger partial charge in [-0.1, -0.05) is 50.1 Å². The van der Waals surface area contributed by atoms with Crippen LogP contribution in [0.4, 0.5) is 0 Å². The monoisotopic (exact) mass is 300 g/mol. The van der Waals surface area contributed by atoms with Crippen LogP contribution in [0.2, 0.25) is 0 Å². The lowest BCUT2D eigenvalue weighted by Crippen LogP contribution is -2.33. The molecule has 0 aromatic heterocycles. The fourth-order valence-electron chi connectivity index (χ4n) is 3.95. The van der Waals surface area contributed by atoms with Crippen LogP contribution in [-0.2, 0) is 11.3 Å². The van der Waals surface area contributed by atoms with Crippen LogP contribution in [-0.4, -0.2) is 41.9 Å². The number of nitrogens with zero attached hydrogens (tertiary/aromatic N) is 2. The van der Waals surface area contributed by atoms with Crippen molar-refractivity contribution in [2.75, 3.05) is 26.2 Å². The largest absolute Gasteiger partial charge is 0.342 e. The lowest BCUT2D eigenvalue weighted by molar-refractivity contribution is -0.130. The average molecular weight is 300 g/mol. The molecule has 2 unspecified atom stereocenters. The quantitative estimate of drug-likeness (QED) is 0.754. The smallest absolute Gasteiger partial charge is 0.222 e. The number of fused-ring (bicyclic) bond motifs is 1. The van der Waals surface area contributed by atoms with E-state index in [1.165, 1.54) is 18.4 Å². The summed E-state index contributed by atoms with van der Waals surface area (Å²) >= 11 is 0. The molecule has 3 rings (SSSR count). The van der Waals surface area contributed by atoms with E-state index in [0.717, 1.165) is 45.6 Å². The first-order valence-electron chi connectivity index (χ1n) is 8.80. The summed E-state index contributed by atoms with van der Waals surface area (Å²) in [5.41, 5.74) is 1.40. The zero-order chi connectivity index (χ0) is 15.4. The zero-order valence-corrected chi connectivity index (χ0v) is 13.7. The first-order chi connectivity index (χ1) is 10.8. The highest BCUT2D eigenvalue weighted by Crippen LogP contribution is 2.32. The summed E-state index contributed by atoms with van der Waals surface area (Å²) in [4.78, 5) is 16.9. The molecule has 2 fully saturated rings. The molecule has 3 heteroatoms. The van der Waals surface area contributed by atoms with Gasteiger partial charge in [0.2, 0.25) is 5.91 Å². The molecule has 0 aliphatic carbocycles. The van der Waals surface area contributed by atoms with E-state index in [0.29, 0.717) is 17.7 Å². The van der Waals surface area contributed by atoms with Gasteiger partial charge in [0.1, 0.15) is 0 Å². The Hall–Kier alpha value is -1.35. The van der Waals surface area contributed by atoms with Crippen LogP contribution >= 0.6 is 0 Å². The number of benzene rings is 1. The molecule has 0 saturated carbocycles. The van der Waals surface area contributed by atoms with E-state index < -0.39 is 0 Å². The Morgan fingerprint density at radius 1 is 1.05 bits per heavy atom. The number of unbranched alkanes of at least 4 members (excludes halogenated alkanes) is 2. The predicted molar refractivity (Wildman–Crippen MR) is 89.4 cm³/mol. The van der Waals surface area contributed by atoms with E-state index in [-0.39, 0.29) is 0 Å². The zero-order valence-electron chi connectivity index (χ0n) is 13.7. The molecule has 3 nitrogen and oxygen atoms in total. The molecule has 120 valence electrons. The maximum absolute atomic E-state index is 12.2. The first kappa shape index (κ1) is 15.5. The summed E-state index contributed by atoms with van der Waals surface area (Å²) in [5, 5.41) is 0. The van der Waals surface area contributed by atoms with Crippen LogP contribution < -0.4 is 0 Å². The molecule has 2 aliphatic rings. The van der Waals surface area contributed by atoms with Crippen molar-refractivity contribution in [1.29, 1.82) is 0 Å². The molecule has 1 aromatic rings. The Balaban J connectivity index is 1.45. The third kappa shape index (κ3) is 3.70. The average Bonchev–Trinajstić information content (AvgIpc) is 3.07. The minimum absolute atomic E-state index is 0.387. The standard InChI is InChI=1S/C19H28N2O/c1-2-3-5-10-19(22)21-14-17-12-20(13-18(17)15-21)11-16-8-6-4-7-9-16/h4,6-9,17-18H,2-3,5,10-15H2,1H3. The Bertz CT molecular complexity index is 473. The van der Waals surface area contributed by atoms with Gasteiger partial charge in [-0.15, -0.1) is 0 Å². The number of hydrogen-bond donors (Lipinski definition) is 0. The fraction of sp³-hybridized carbons (Fsp3) is 0.632. The van der Waals surface area contributed by atoms with Crippen molar-refractivity contribution in [3.8, 4) is 0 Å². The number of carbonyl (C=O) groups excluding carboxylic acids is 1. The van der Waals surface area contributed by atoms with Crippen molar-refractivity contribution in [1.82, 2.24) is 9.80 Å². The van der Waals surface area contributed by atoms with Gasteiger partial charge >= 0.3 is 0 Å². The SMILES string of the molecule is CCCCCC(=O)N1CC2CN(Cc3ccccc3)CC2C1. The van der Waals surface area contributed by atoms with Crippen LogP contribution in [0.1, 0.15) is 38.2 Å². The summed E-state index contributed by atoms with van der Waals surface area (Å²) in [6.45, 7) is 7.52.